The van der Waals surface area contributed by atoms with Crippen molar-refractivity contribution in [3.63, 3.8) is 0 Å². The maximum absolute atomic E-state index is 10.7. The first kappa shape index (κ1) is 11.9. The summed E-state index contributed by atoms with van der Waals surface area (Å²) >= 11 is 0. The quantitative estimate of drug-likeness (QED) is 0.637. The monoisotopic (exact) mass is 260 g/mol. The highest BCUT2D eigenvalue weighted by Crippen LogP contribution is 2.45. The van der Waals surface area contributed by atoms with Gasteiger partial charge >= 0.3 is 5.69 Å². The fraction of sp³-hybridized carbons (Fsp3) is 0.500. The summed E-state index contributed by atoms with van der Waals surface area (Å²) in [4.78, 5) is 15.9. The van der Waals surface area contributed by atoms with Gasteiger partial charge < -0.3 is 10.0 Å². The lowest BCUT2D eigenvalue weighted by Gasteiger charge is -2.47. The summed E-state index contributed by atoms with van der Waals surface area (Å²) in [5, 5.41) is 29.8. The third-order valence-corrected chi connectivity index (χ3v) is 3.75. The Balaban J connectivity index is 1.80. The van der Waals surface area contributed by atoms with Crippen molar-refractivity contribution in [2.75, 3.05) is 18.0 Å². The molecule has 1 aromatic rings. The number of nitrogens with zero attached hydrogens (tertiary/aromatic N) is 4. The van der Waals surface area contributed by atoms with Crippen molar-refractivity contribution in [1.82, 2.24) is 4.98 Å². The Labute approximate surface area is 109 Å². The van der Waals surface area contributed by atoms with Crippen LogP contribution in [0.25, 0.3) is 0 Å². The van der Waals surface area contributed by atoms with Crippen LogP contribution in [0.1, 0.15) is 18.5 Å². The molecule has 1 saturated carbocycles. The molecule has 0 unspecified atom stereocenters. The third kappa shape index (κ3) is 1.90. The van der Waals surface area contributed by atoms with Crippen molar-refractivity contribution in [3.8, 4) is 6.07 Å². The van der Waals surface area contributed by atoms with E-state index >= 15 is 0 Å². The summed E-state index contributed by atoms with van der Waals surface area (Å²) in [7, 11) is 0. The Morgan fingerprint density at radius 1 is 1.53 bits per heavy atom. The van der Waals surface area contributed by atoms with E-state index in [0.717, 1.165) is 12.8 Å². The van der Waals surface area contributed by atoms with Crippen LogP contribution in [-0.4, -0.2) is 33.7 Å². The number of rotatable bonds is 3. The third-order valence-electron chi connectivity index (χ3n) is 3.75. The van der Waals surface area contributed by atoms with Gasteiger partial charge in [0.1, 0.15) is 17.5 Å². The Morgan fingerprint density at radius 3 is 2.74 bits per heavy atom. The van der Waals surface area contributed by atoms with Gasteiger partial charge in [-0.25, -0.2) is 4.98 Å². The summed E-state index contributed by atoms with van der Waals surface area (Å²) < 4.78 is 0. The van der Waals surface area contributed by atoms with Crippen molar-refractivity contribution in [3.05, 3.63) is 27.9 Å². The van der Waals surface area contributed by atoms with Crippen LogP contribution in [0.3, 0.4) is 0 Å². The minimum Gasteiger partial charge on any atom is -0.386 e. The van der Waals surface area contributed by atoms with E-state index in [1.54, 1.807) is 6.07 Å². The zero-order valence-electron chi connectivity index (χ0n) is 10.1. The molecule has 1 saturated heterocycles. The Morgan fingerprint density at radius 2 is 2.21 bits per heavy atom. The summed E-state index contributed by atoms with van der Waals surface area (Å²) in [5.74, 6) is 0.879. The van der Waals surface area contributed by atoms with E-state index in [-0.39, 0.29) is 11.4 Å². The van der Waals surface area contributed by atoms with E-state index in [9.17, 15) is 15.2 Å². The lowest BCUT2D eigenvalue weighted by atomic mass is 9.89. The highest BCUT2D eigenvalue weighted by Gasteiger charge is 2.52. The Kier molecular flexibility index (Phi) is 2.43. The highest BCUT2D eigenvalue weighted by molar-refractivity contribution is 5.53. The van der Waals surface area contributed by atoms with E-state index in [1.807, 2.05) is 4.90 Å². The van der Waals surface area contributed by atoms with Gasteiger partial charge in [-0.15, -0.1) is 0 Å². The van der Waals surface area contributed by atoms with Gasteiger partial charge in [-0.2, -0.15) is 5.26 Å². The molecule has 2 fully saturated rings. The molecule has 7 nitrogen and oxygen atoms in total. The van der Waals surface area contributed by atoms with Crippen LogP contribution in [-0.2, 0) is 0 Å². The molecule has 0 amide bonds. The summed E-state index contributed by atoms with van der Waals surface area (Å²) in [6.07, 6.45) is 2.11. The molecule has 2 heterocycles. The van der Waals surface area contributed by atoms with Crippen LogP contribution < -0.4 is 4.90 Å². The highest BCUT2D eigenvalue weighted by atomic mass is 16.6. The van der Waals surface area contributed by atoms with Gasteiger partial charge in [0.05, 0.1) is 18.0 Å². The first-order valence-electron chi connectivity index (χ1n) is 6.06. The van der Waals surface area contributed by atoms with Crippen LogP contribution in [0.5, 0.6) is 0 Å². The number of nitriles is 1. The number of pyridine rings is 1. The van der Waals surface area contributed by atoms with Gasteiger partial charge in [-0.1, -0.05) is 0 Å². The predicted molar refractivity (Wildman–Crippen MR) is 65.5 cm³/mol. The Hall–Kier alpha value is -2.20. The molecular weight excluding hydrogens is 248 g/mol. The van der Waals surface area contributed by atoms with E-state index < -0.39 is 10.5 Å². The topological polar surface area (TPSA) is 103 Å². The lowest BCUT2D eigenvalue weighted by molar-refractivity contribution is -0.385. The van der Waals surface area contributed by atoms with Crippen molar-refractivity contribution >= 4 is 11.5 Å². The summed E-state index contributed by atoms with van der Waals surface area (Å²) in [6, 6.07) is 4.54. The van der Waals surface area contributed by atoms with Crippen molar-refractivity contribution in [2.24, 2.45) is 5.92 Å². The minimum atomic E-state index is -0.643. The second-order valence-corrected chi connectivity index (χ2v) is 5.14. The average Bonchev–Trinajstić information content (AvgIpc) is 3.18. The molecule has 0 bridgehead atoms. The van der Waals surface area contributed by atoms with Crippen LogP contribution in [0.4, 0.5) is 11.5 Å². The van der Waals surface area contributed by atoms with Gasteiger partial charge in [-0.3, -0.25) is 10.1 Å². The molecule has 1 aromatic heterocycles. The zero-order valence-corrected chi connectivity index (χ0v) is 10.1. The molecule has 1 N–H and O–H groups in total. The fourth-order valence-corrected chi connectivity index (χ4v) is 2.50. The molecule has 2 aliphatic rings. The second-order valence-electron chi connectivity index (χ2n) is 5.14. The largest absolute Gasteiger partial charge is 0.386 e. The number of aromatic nitrogens is 1. The summed E-state index contributed by atoms with van der Waals surface area (Å²) in [6.45, 7) is 0.959. The normalized spacial score (nSPS) is 20.5. The van der Waals surface area contributed by atoms with Crippen LogP contribution in [0.2, 0.25) is 0 Å². The van der Waals surface area contributed by atoms with Crippen molar-refractivity contribution < 1.29 is 10.0 Å². The molecule has 98 valence electrons. The molecule has 0 atom stereocenters. The van der Waals surface area contributed by atoms with Crippen LogP contribution in [0.15, 0.2) is 12.1 Å². The molecule has 1 aliphatic carbocycles. The number of anilines is 1. The molecule has 7 heteroatoms. The smallest absolute Gasteiger partial charge is 0.305 e. The van der Waals surface area contributed by atoms with Gasteiger partial charge in [0.2, 0.25) is 5.69 Å². The standard InChI is InChI=1S/C12H12N4O3/c13-5-9-10(16(18)19)3-4-11(14-9)15-6-12(17,7-15)8-1-2-8/h3-4,8,17H,1-2,6-7H2. The van der Waals surface area contributed by atoms with Crippen LogP contribution >= 0.6 is 0 Å². The maximum atomic E-state index is 10.7. The lowest BCUT2D eigenvalue weighted by Crippen LogP contribution is -2.63. The molecule has 0 radical (unpaired) electrons. The molecular formula is C12H12N4O3. The first-order chi connectivity index (χ1) is 9.03. The number of hydrogen-bond donors (Lipinski definition) is 1. The molecule has 19 heavy (non-hydrogen) atoms. The van der Waals surface area contributed by atoms with Gasteiger partial charge in [-0.05, 0) is 24.8 Å². The number of nitro groups is 1. The molecule has 0 aromatic carbocycles. The maximum Gasteiger partial charge on any atom is 0.305 e. The van der Waals surface area contributed by atoms with Gasteiger partial charge in [0.15, 0.2) is 0 Å². The number of hydrogen-bond acceptors (Lipinski definition) is 6. The SMILES string of the molecule is N#Cc1nc(N2CC(O)(C3CC3)C2)ccc1[N+](=O)[O-]. The number of aliphatic hydroxyl groups is 1. The Bertz CT molecular complexity index is 585. The fourth-order valence-electron chi connectivity index (χ4n) is 2.50. The van der Waals surface area contributed by atoms with Crippen LogP contribution in [0, 0.1) is 27.4 Å². The molecule has 1 aliphatic heterocycles. The summed E-state index contributed by atoms with van der Waals surface area (Å²) in [5.41, 5.74) is -1.12. The van der Waals surface area contributed by atoms with E-state index in [4.69, 9.17) is 5.26 Å². The predicted octanol–water partition coefficient (Wildman–Crippen LogP) is 0.823. The van der Waals surface area contributed by atoms with Gasteiger partial charge in [0, 0.05) is 6.07 Å². The zero-order chi connectivity index (χ0) is 13.6. The minimum absolute atomic E-state index is 0.190. The molecule has 0 spiro atoms. The van der Waals surface area contributed by atoms with Crippen molar-refractivity contribution in [2.45, 2.75) is 18.4 Å². The van der Waals surface area contributed by atoms with E-state index in [1.165, 1.54) is 12.1 Å². The average molecular weight is 260 g/mol. The first-order valence-corrected chi connectivity index (χ1v) is 6.06. The molecule has 3 rings (SSSR count). The van der Waals surface area contributed by atoms with E-state index in [0.29, 0.717) is 24.8 Å². The van der Waals surface area contributed by atoms with Crippen molar-refractivity contribution in [1.29, 1.82) is 5.26 Å². The van der Waals surface area contributed by atoms with E-state index in [2.05, 4.69) is 4.98 Å². The van der Waals surface area contributed by atoms with Gasteiger partial charge in [0.25, 0.3) is 0 Å². The second kappa shape index (κ2) is 3.90. The number of β-amino-alcohol motifs (C(OH)–C–C–N with tert-alkyl or cyclic N) is 1.